The van der Waals surface area contributed by atoms with Gasteiger partial charge in [-0.3, -0.25) is 14.3 Å². The summed E-state index contributed by atoms with van der Waals surface area (Å²) in [5, 5.41) is 19.1. The Bertz CT molecular complexity index is 716. The number of nitrogens with zero attached hydrogens (tertiary/aromatic N) is 1. The Morgan fingerprint density at radius 3 is 2.33 bits per heavy atom. The molecule has 2 rings (SSSR count). The number of H-pyrrole nitrogens is 1. The second-order valence-electron chi connectivity index (χ2n) is 8.17. The smallest absolute Gasteiger partial charge is 0.330 e. The number of ether oxygens (including phenoxy) is 2. The van der Waals surface area contributed by atoms with Gasteiger partial charge in [-0.15, -0.1) is 0 Å². The maximum atomic E-state index is 12.1. The number of unbranched alkanes of at least 4 members (excludes halogenated alkanes) is 9. The summed E-state index contributed by atoms with van der Waals surface area (Å²) in [5.74, 6) is 0. The van der Waals surface area contributed by atoms with E-state index in [1.807, 2.05) is 0 Å². The van der Waals surface area contributed by atoms with Crippen molar-refractivity contribution in [2.24, 2.45) is 0 Å². The highest BCUT2D eigenvalue weighted by Crippen LogP contribution is 2.27. The van der Waals surface area contributed by atoms with E-state index in [1.165, 1.54) is 62.1 Å². The first-order chi connectivity index (χ1) is 14.6. The minimum atomic E-state index is -0.852. The molecule has 0 radical (unpaired) electrons. The van der Waals surface area contributed by atoms with Gasteiger partial charge in [0.25, 0.3) is 5.56 Å². The van der Waals surface area contributed by atoms with Crippen molar-refractivity contribution in [3.8, 4) is 0 Å². The van der Waals surface area contributed by atoms with Crippen molar-refractivity contribution in [2.75, 3.05) is 13.2 Å². The highest BCUT2D eigenvalue weighted by molar-refractivity contribution is 5.04. The summed E-state index contributed by atoms with van der Waals surface area (Å²) in [4.78, 5) is 26.4. The van der Waals surface area contributed by atoms with Crippen LogP contribution in [-0.4, -0.2) is 45.2 Å². The third kappa shape index (κ3) is 7.98. The summed E-state index contributed by atoms with van der Waals surface area (Å²) in [7, 11) is 0. The molecule has 0 spiro atoms. The van der Waals surface area contributed by atoms with Crippen LogP contribution >= 0.6 is 0 Å². The fraction of sp³-hybridized carbons (Fsp3) is 0.818. The lowest BCUT2D eigenvalue weighted by atomic mass is 10.1. The van der Waals surface area contributed by atoms with E-state index in [4.69, 9.17) is 9.47 Å². The number of aliphatic hydroxyl groups excluding tert-OH is 2. The number of nitrogens with one attached hydrogen (secondary N) is 1. The van der Waals surface area contributed by atoms with E-state index in [1.54, 1.807) is 0 Å². The number of rotatable bonds is 15. The monoisotopic (exact) mass is 426 g/mol. The molecule has 2 heterocycles. The first kappa shape index (κ1) is 24.8. The van der Waals surface area contributed by atoms with Crippen LogP contribution in [0.2, 0.25) is 0 Å². The van der Waals surface area contributed by atoms with E-state index in [-0.39, 0.29) is 19.6 Å². The Morgan fingerprint density at radius 1 is 1.10 bits per heavy atom. The van der Waals surface area contributed by atoms with E-state index in [9.17, 15) is 19.8 Å². The van der Waals surface area contributed by atoms with Gasteiger partial charge in [-0.05, 0) is 6.42 Å². The molecule has 3 atom stereocenters. The molecular weight excluding hydrogens is 388 g/mol. The van der Waals surface area contributed by atoms with Crippen molar-refractivity contribution in [1.82, 2.24) is 9.55 Å². The molecule has 0 aliphatic carbocycles. The zero-order valence-electron chi connectivity index (χ0n) is 18.2. The molecule has 8 nitrogen and oxygen atoms in total. The van der Waals surface area contributed by atoms with E-state index in [0.29, 0.717) is 12.2 Å². The highest BCUT2D eigenvalue weighted by Gasteiger charge is 2.35. The van der Waals surface area contributed by atoms with E-state index in [2.05, 4.69) is 11.9 Å². The molecule has 0 bridgehead atoms. The average molecular weight is 427 g/mol. The maximum Gasteiger partial charge on any atom is 0.330 e. The van der Waals surface area contributed by atoms with Gasteiger partial charge in [0.05, 0.1) is 24.9 Å². The van der Waals surface area contributed by atoms with Crippen molar-refractivity contribution in [3.05, 3.63) is 32.6 Å². The minimum absolute atomic E-state index is 0.117. The molecule has 0 aromatic carbocycles. The maximum absolute atomic E-state index is 12.1. The van der Waals surface area contributed by atoms with E-state index < -0.39 is 29.7 Å². The number of hydrogen-bond donors (Lipinski definition) is 3. The summed E-state index contributed by atoms with van der Waals surface area (Å²) in [5.41, 5.74) is -0.738. The Morgan fingerprint density at radius 2 is 1.73 bits per heavy atom. The molecule has 3 N–H and O–H groups in total. The third-order valence-electron chi connectivity index (χ3n) is 5.64. The van der Waals surface area contributed by atoms with Gasteiger partial charge < -0.3 is 19.7 Å². The molecule has 0 saturated carbocycles. The molecule has 1 fully saturated rings. The van der Waals surface area contributed by atoms with Crippen molar-refractivity contribution in [2.45, 2.75) is 103 Å². The first-order valence-electron chi connectivity index (χ1n) is 11.4. The standard InChI is InChI=1S/C22H38N2O6/c1-2-3-4-5-6-7-8-9-10-11-12-29-16-17-14-24(22(28)23-21(17)27)20-13-18(26)19(15-25)30-20/h14,18-20,25-26H,2-13,15-16H2,1H3,(H,23,27,28)/t18-,19+,20-/m0/s1. The number of aliphatic hydroxyl groups is 2. The van der Waals surface area contributed by atoms with E-state index in [0.717, 1.165) is 12.8 Å². The molecule has 1 saturated heterocycles. The van der Waals surface area contributed by atoms with Gasteiger partial charge in [-0.1, -0.05) is 64.7 Å². The molecular formula is C22H38N2O6. The molecule has 1 aromatic rings. The van der Waals surface area contributed by atoms with Gasteiger partial charge in [0.2, 0.25) is 0 Å². The van der Waals surface area contributed by atoms with Gasteiger partial charge >= 0.3 is 5.69 Å². The van der Waals surface area contributed by atoms with Crippen LogP contribution in [0.1, 0.15) is 89.3 Å². The zero-order chi connectivity index (χ0) is 21.8. The Hall–Kier alpha value is -1.48. The lowest BCUT2D eigenvalue weighted by Gasteiger charge is -2.15. The summed E-state index contributed by atoms with van der Waals surface area (Å²) in [6, 6.07) is 0. The summed E-state index contributed by atoms with van der Waals surface area (Å²) >= 11 is 0. The van der Waals surface area contributed by atoms with Crippen LogP contribution in [0.25, 0.3) is 0 Å². The summed E-state index contributed by atoms with van der Waals surface area (Å²) < 4.78 is 12.4. The average Bonchev–Trinajstić information content (AvgIpc) is 3.10. The van der Waals surface area contributed by atoms with E-state index >= 15 is 0 Å². The van der Waals surface area contributed by atoms with Gasteiger partial charge in [-0.2, -0.15) is 0 Å². The highest BCUT2D eigenvalue weighted by atomic mass is 16.5. The van der Waals surface area contributed by atoms with Gasteiger partial charge in [0, 0.05) is 19.2 Å². The molecule has 0 unspecified atom stereocenters. The Balaban J connectivity index is 1.67. The largest absolute Gasteiger partial charge is 0.394 e. The first-order valence-corrected chi connectivity index (χ1v) is 11.4. The lowest BCUT2D eigenvalue weighted by Crippen LogP contribution is -2.34. The van der Waals surface area contributed by atoms with Crippen LogP contribution in [0.4, 0.5) is 0 Å². The topological polar surface area (TPSA) is 114 Å². The molecule has 1 aliphatic rings. The van der Waals surface area contributed by atoms with Crippen LogP contribution in [0.5, 0.6) is 0 Å². The normalized spacial score (nSPS) is 21.4. The van der Waals surface area contributed by atoms with Crippen LogP contribution in [-0.2, 0) is 16.1 Å². The number of aromatic nitrogens is 2. The van der Waals surface area contributed by atoms with Gasteiger partial charge in [0.1, 0.15) is 12.3 Å². The predicted molar refractivity (Wildman–Crippen MR) is 114 cm³/mol. The van der Waals surface area contributed by atoms with Gasteiger partial charge in [0.15, 0.2) is 0 Å². The van der Waals surface area contributed by atoms with Crippen molar-refractivity contribution < 1.29 is 19.7 Å². The fourth-order valence-electron chi connectivity index (χ4n) is 3.77. The summed E-state index contributed by atoms with van der Waals surface area (Å²) in [6.07, 6.45) is 11.8. The predicted octanol–water partition coefficient (Wildman–Crippen LogP) is 2.61. The molecule has 1 aromatic heterocycles. The van der Waals surface area contributed by atoms with Crippen LogP contribution < -0.4 is 11.2 Å². The van der Waals surface area contributed by atoms with Crippen LogP contribution in [0.15, 0.2) is 15.8 Å². The lowest BCUT2D eigenvalue weighted by molar-refractivity contribution is -0.0461. The quantitative estimate of drug-likeness (QED) is 0.372. The molecule has 0 amide bonds. The third-order valence-corrected chi connectivity index (χ3v) is 5.64. The van der Waals surface area contributed by atoms with Gasteiger partial charge in [-0.25, -0.2) is 4.79 Å². The molecule has 172 valence electrons. The Kier molecular flexibility index (Phi) is 11.4. The Labute approximate surface area is 178 Å². The number of aromatic amines is 1. The SMILES string of the molecule is CCCCCCCCCCCCOCc1cn([C@@H]2C[C@H](O)[C@@H](CO)O2)c(=O)[nH]c1=O. The van der Waals surface area contributed by atoms with Crippen LogP contribution in [0, 0.1) is 0 Å². The minimum Gasteiger partial charge on any atom is -0.394 e. The second-order valence-corrected chi connectivity index (χ2v) is 8.17. The summed E-state index contributed by atoms with van der Waals surface area (Å²) in [6.45, 7) is 2.59. The zero-order valence-corrected chi connectivity index (χ0v) is 18.2. The molecule has 30 heavy (non-hydrogen) atoms. The van der Waals surface area contributed by atoms with Crippen molar-refractivity contribution in [1.29, 1.82) is 0 Å². The number of hydrogen-bond acceptors (Lipinski definition) is 6. The second kappa shape index (κ2) is 13.7. The van der Waals surface area contributed by atoms with Crippen molar-refractivity contribution >= 4 is 0 Å². The molecule has 1 aliphatic heterocycles. The van der Waals surface area contributed by atoms with Crippen molar-refractivity contribution in [3.63, 3.8) is 0 Å². The molecule has 8 heteroatoms. The van der Waals surface area contributed by atoms with Crippen LogP contribution in [0.3, 0.4) is 0 Å². The fourth-order valence-corrected chi connectivity index (χ4v) is 3.77.